The van der Waals surface area contributed by atoms with Gasteiger partial charge in [-0.1, -0.05) is 257 Å². The Balaban J connectivity index is 0.000000162. The largest absolute Gasteiger partial charge is 0.493 e. The number of unbranched alkanes of at least 4 members (excludes halogenated alkanes) is 2. The molecule has 0 N–H and O–H groups in total. The van der Waals surface area contributed by atoms with Crippen molar-refractivity contribution in [1.82, 2.24) is 0 Å². The van der Waals surface area contributed by atoms with Crippen LogP contribution >= 0.6 is 0 Å². The first-order valence-corrected chi connectivity index (χ1v) is 40.6. The number of hydrogen-bond donors (Lipinski definition) is 0. The molecule has 105 heavy (non-hydrogen) atoms. The van der Waals surface area contributed by atoms with E-state index in [0.717, 1.165) is 148 Å². The lowest BCUT2D eigenvalue weighted by atomic mass is 9.82. The van der Waals surface area contributed by atoms with Crippen LogP contribution in [-0.4, -0.2) is 6.61 Å². The fourth-order valence-electron chi connectivity index (χ4n) is 16.6. The summed E-state index contributed by atoms with van der Waals surface area (Å²) < 4.78 is 36.0. The van der Waals surface area contributed by atoms with Crippen LogP contribution in [0.4, 0.5) is 8.78 Å². The van der Waals surface area contributed by atoms with Crippen LogP contribution in [0, 0.1) is 65.0 Å². The van der Waals surface area contributed by atoms with E-state index in [1.54, 1.807) is 11.6 Å². The Hall–Kier alpha value is -8.14. The van der Waals surface area contributed by atoms with Crippen molar-refractivity contribution >= 4 is 0 Å². The van der Waals surface area contributed by atoms with E-state index in [4.69, 9.17) is 4.74 Å². The van der Waals surface area contributed by atoms with Gasteiger partial charge >= 0.3 is 0 Å². The van der Waals surface area contributed by atoms with Crippen molar-refractivity contribution in [3.05, 3.63) is 301 Å². The predicted molar refractivity (Wildman–Crippen MR) is 451 cm³/mol. The molecule has 1 nitrogen and oxygen atoms in total. The smallest absolute Gasteiger partial charge is 0.134 e. The van der Waals surface area contributed by atoms with Crippen molar-refractivity contribution in [1.29, 1.82) is 0 Å². The molecule has 0 bridgehead atoms. The van der Waals surface area contributed by atoms with E-state index in [0.29, 0.717) is 0 Å². The van der Waals surface area contributed by atoms with Gasteiger partial charge in [0.2, 0.25) is 0 Å². The molecule has 2 fully saturated rings. The number of ether oxygens (including phenoxy) is 1. The van der Waals surface area contributed by atoms with Crippen molar-refractivity contribution in [3.8, 4) is 50.3 Å². The summed E-state index contributed by atoms with van der Waals surface area (Å²) in [5, 5.41) is 0. The second kappa shape index (κ2) is 40.5. The second-order valence-electron chi connectivity index (χ2n) is 31.4. The zero-order valence-corrected chi connectivity index (χ0v) is 66.6. The van der Waals surface area contributed by atoms with Gasteiger partial charge in [-0.3, -0.25) is 0 Å². The van der Waals surface area contributed by atoms with E-state index in [1.807, 2.05) is 54.6 Å². The second-order valence-corrected chi connectivity index (χ2v) is 31.4. The topological polar surface area (TPSA) is 9.23 Å². The summed E-state index contributed by atoms with van der Waals surface area (Å²) in [7, 11) is 0. The lowest BCUT2D eigenvalue weighted by Crippen LogP contribution is -2.10. The minimum absolute atomic E-state index is 0.0270. The molecule has 3 heteroatoms. The highest BCUT2D eigenvalue weighted by molar-refractivity contribution is 5.73. The van der Waals surface area contributed by atoms with Crippen LogP contribution in [-0.2, 0) is 51.4 Å². The fraction of sp³-hybridized carbons (Fsp3) is 0.412. The molecule has 0 radical (unpaired) electrons. The van der Waals surface area contributed by atoms with Gasteiger partial charge in [-0.2, -0.15) is 0 Å². The Morgan fingerprint density at radius 3 is 1.57 bits per heavy atom. The minimum Gasteiger partial charge on any atom is -0.493 e. The Kier molecular flexibility index (Phi) is 31.3. The van der Waals surface area contributed by atoms with E-state index >= 15 is 4.39 Å². The van der Waals surface area contributed by atoms with E-state index in [9.17, 15) is 4.39 Å². The lowest BCUT2D eigenvalue weighted by Gasteiger charge is -2.23. The molecule has 1 atom stereocenters. The number of rotatable bonds is 26. The lowest BCUT2D eigenvalue weighted by molar-refractivity contribution is 0.316. The Labute approximate surface area is 635 Å². The zero-order valence-electron chi connectivity index (χ0n) is 66.6. The Bertz CT molecular complexity index is 4280. The molecule has 8 aromatic carbocycles. The quantitative estimate of drug-likeness (QED) is 0.0388. The van der Waals surface area contributed by atoms with Crippen LogP contribution in [0.25, 0.3) is 44.5 Å². The van der Waals surface area contributed by atoms with Crippen LogP contribution in [0.2, 0.25) is 0 Å². The number of hydrogen-bond acceptors (Lipinski definition) is 1. The van der Waals surface area contributed by atoms with Gasteiger partial charge in [-0.15, -0.1) is 0 Å². The summed E-state index contributed by atoms with van der Waals surface area (Å²) in [6, 6.07) is 49.4. The zero-order chi connectivity index (χ0) is 74.9. The molecule has 4 aliphatic rings. The van der Waals surface area contributed by atoms with Crippen LogP contribution in [0.15, 0.2) is 211 Å². The molecular weight excluding hydrogens is 1280 g/mol. The summed E-state index contributed by atoms with van der Waals surface area (Å²) in [6.45, 7) is 41.0. The average Bonchev–Trinajstić information content (AvgIpc) is 1.56. The maximum absolute atomic E-state index is 15.1. The van der Waals surface area contributed by atoms with Crippen LogP contribution in [0.1, 0.15) is 241 Å². The SMILES string of the molecule is C=C1CC=C(CCCCc2cc(F)c(-c3ccc(C)cc3)cc2CC)C1.C=C1CC=C(CCOc2ccc(-c3ccc(C)cc3CC)cc2CC)CC1.C=C1CCC(CCCCc2ccc(-c3c(C)cc(C)cc3C)cc2CC)C1.C=C1CCC(CCc2ccc(-c3ccc(C)cc3)c(F)c2CC)CC1. The summed E-state index contributed by atoms with van der Waals surface area (Å²) in [6.07, 6.45) is 36.6. The Morgan fingerprint density at radius 1 is 0.381 bits per heavy atom. The first-order valence-electron chi connectivity index (χ1n) is 40.6. The normalized spacial score (nSPS) is 15.2. The molecule has 0 heterocycles. The highest BCUT2D eigenvalue weighted by Crippen LogP contribution is 2.38. The molecule has 0 spiro atoms. The van der Waals surface area contributed by atoms with Gasteiger partial charge in [0.05, 0.1) is 6.61 Å². The highest BCUT2D eigenvalue weighted by Gasteiger charge is 2.21. The number of aryl methyl sites for hydroxylation is 13. The fourth-order valence-corrected chi connectivity index (χ4v) is 16.6. The van der Waals surface area contributed by atoms with Crippen molar-refractivity contribution < 1.29 is 13.5 Å². The van der Waals surface area contributed by atoms with Crippen LogP contribution < -0.4 is 4.74 Å². The molecule has 4 aliphatic carbocycles. The van der Waals surface area contributed by atoms with E-state index in [1.165, 1.54) is 206 Å². The maximum Gasteiger partial charge on any atom is 0.134 e. The molecule has 0 saturated heterocycles. The van der Waals surface area contributed by atoms with Gasteiger partial charge in [0, 0.05) is 17.5 Å². The van der Waals surface area contributed by atoms with Crippen LogP contribution in [0.3, 0.4) is 0 Å². The molecule has 8 aromatic rings. The van der Waals surface area contributed by atoms with Crippen LogP contribution in [0.5, 0.6) is 5.75 Å². The molecular formula is C102H126F2O. The first kappa shape index (κ1) is 80.9. The van der Waals surface area contributed by atoms with Gasteiger partial charge in [-0.25, -0.2) is 8.78 Å². The third kappa shape index (κ3) is 23.7. The predicted octanol–water partition coefficient (Wildman–Crippen LogP) is 29.5. The molecule has 0 amide bonds. The van der Waals surface area contributed by atoms with Gasteiger partial charge < -0.3 is 4.74 Å². The third-order valence-corrected chi connectivity index (χ3v) is 23.0. The molecule has 0 aromatic heterocycles. The van der Waals surface area contributed by atoms with E-state index in [-0.39, 0.29) is 11.6 Å². The van der Waals surface area contributed by atoms with E-state index < -0.39 is 0 Å². The first-order chi connectivity index (χ1) is 50.7. The molecule has 554 valence electrons. The molecule has 2 saturated carbocycles. The van der Waals surface area contributed by atoms with Gasteiger partial charge in [0.1, 0.15) is 17.4 Å². The van der Waals surface area contributed by atoms with Crippen molar-refractivity contribution in [2.24, 2.45) is 11.8 Å². The molecule has 0 aliphatic heterocycles. The maximum atomic E-state index is 15.1. The number of benzene rings is 8. The van der Waals surface area contributed by atoms with Gasteiger partial charge in [0.15, 0.2) is 0 Å². The number of halogens is 2. The standard InChI is InChI=1S/C27H36.C26H32O.C25H29F.C24H29F/c1-6-24-18-26(27-21(4)15-20(3)16-22(27)5)14-13-25(24)10-8-7-9-23-12-11-19(2)17-23;1-5-22-17-20(4)9-13-25(22)24-12-14-26(23(6-2)18-24)27-16-15-21-10-7-19(3)8-11-21;1-4-21-16-24(22-13-10-18(2)11-14-22)25(26)17-23(21)8-6-5-7-20-12-9-19(3)15-20;1-4-22-20(14-11-19-9-5-17(2)6-10-19)15-16-23(24(22)25)21-12-7-18(3)8-13-21/h13-16,18,23H,2,6-12,17H2,1,3-5H3;9-10,12-14,17-18H,3,5-8,11,15-16H2,1-2,4H3;10-14,16-17H,3-9,15H2,1-2H3;7-8,12-13,15-16,19H,2,4-6,9-11,14H2,1,3H3. The van der Waals surface area contributed by atoms with Gasteiger partial charge in [0.25, 0.3) is 0 Å². The van der Waals surface area contributed by atoms with Crippen molar-refractivity contribution in [2.75, 3.05) is 6.61 Å². The summed E-state index contributed by atoms with van der Waals surface area (Å²) in [5.41, 5.74) is 35.6. The number of allylic oxidation sites excluding steroid dienone is 7. The van der Waals surface area contributed by atoms with Crippen molar-refractivity contribution in [3.63, 3.8) is 0 Å². The van der Waals surface area contributed by atoms with Gasteiger partial charge in [-0.05, 0) is 327 Å². The minimum atomic E-state index is -0.101. The third-order valence-electron chi connectivity index (χ3n) is 23.0. The summed E-state index contributed by atoms with van der Waals surface area (Å²) >= 11 is 0. The monoisotopic (exact) mass is 1400 g/mol. The Morgan fingerprint density at radius 2 is 0.943 bits per heavy atom. The van der Waals surface area contributed by atoms with Crippen molar-refractivity contribution in [2.45, 2.75) is 256 Å². The molecule has 1 unspecified atom stereocenters. The highest BCUT2D eigenvalue weighted by atomic mass is 19.1. The summed E-state index contributed by atoms with van der Waals surface area (Å²) in [5.74, 6) is 2.59. The molecule has 12 rings (SSSR count). The summed E-state index contributed by atoms with van der Waals surface area (Å²) in [4.78, 5) is 0. The average molecular weight is 1410 g/mol. The van der Waals surface area contributed by atoms with E-state index in [2.05, 4.69) is 193 Å².